The molecule has 1 aliphatic heterocycles. The number of amides is 1. The monoisotopic (exact) mass is 384 g/mol. The highest BCUT2D eigenvalue weighted by Crippen LogP contribution is 2.25. The number of nitrogens with one attached hydrogen (secondary N) is 1. The second kappa shape index (κ2) is 6.62. The minimum Gasteiger partial charge on any atom is -0.356 e. The molecule has 0 saturated heterocycles. The molecule has 0 unspecified atom stereocenters. The van der Waals surface area contributed by atoms with Crippen LogP contribution in [0.2, 0.25) is 0 Å². The fraction of sp³-hybridized carbons (Fsp3) is 0.250. The minimum absolute atomic E-state index is 0.105. The van der Waals surface area contributed by atoms with Gasteiger partial charge >= 0.3 is 0 Å². The van der Waals surface area contributed by atoms with E-state index in [-0.39, 0.29) is 5.91 Å². The Morgan fingerprint density at radius 3 is 2.59 bits per heavy atom. The number of benzene rings is 1. The van der Waals surface area contributed by atoms with Crippen LogP contribution in [0, 0.1) is 20.8 Å². The van der Waals surface area contributed by atoms with E-state index in [0.29, 0.717) is 6.54 Å². The van der Waals surface area contributed by atoms with Gasteiger partial charge in [-0.3, -0.25) is 4.79 Å². The third-order valence-corrected chi connectivity index (χ3v) is 5.85. The Labute approximate surface area is 170 Å². The van der Waals surface area contributed by atoms with Gasteiger partial charge in [0.05, 0.1) is 17.6 Å². The number of H-pyrrole nitrogens is 1. The first-order valence-corrected chi connectivity index (χ1v) is 10.0. The highest BCUT2D eigenvalue weighted by molar-refractivity contribution is 5.96. The van der Waals surface area contributed by atoms with Crippen LogP contribution in [-0.2, 0) is 13.0 Å². The summed E-state index contributed by atoms with van der Waals surface area (Å²) in [4.78, 5) is 23.2. The molecule has 0 aliphatic carbocycles. The topological polar surface area (TPSA) is 53.9 Å². The molecule has 1 aromatic carbocycles. The number of pyridine rings is 1. The summed E-state index contributed by atoms with van der Waals surface area (Å²) in [6.07, 6.45) is 0.899. The summed E-state index contributed by atoms with van der Waals surface area (Å²) in [7, 11) is 0. The number of fused-ring (bicyclic) bond motifs is 2. The van der Waals surface area contributed by atoms with Crippen LogP contribution < -0.4 is 0 Å². The van der Waals surface area contributed by atoms with Crippen LogP contribution in [-0.4, -0.2) is 31.9 Å². The Morgan fingerprint density at radius 2 is 1.79 bits per heavy atom. The highest BCUT2D eigenvalue weighted by Gasteiger charge is 2.24. The van der Waals surface area contributed by atoms with Gasteiger partial charge in [0.2, 0.25) is 0 Å². The fourth-order valence-electron chi connectivity index (χ4n) is 4.35. The molecule has 1 N–H and O–H groups in total. The number of carbonyl (C=O) groups excluding carboxylic acids is 1. The van der Waals surface area contributed by atoms with Crippen molar-refractivity contribution in [3.05, 3.63) is 82.3 Å². The number of aryl methyl sites for hydroxylation is 3. The number of aromatic amines is 1. The van der Waals surface area contributed by atoms with E-state index in [1.54, 1.807) is 0 Å². The summed E-state index contributed by atoms with van der Waals surface area (Å²) in [5, 5.41) is 0. The van der Waals surface area contributed by atoms with Crippen molar-refractivity contribution < 1.29 is 4.79 Å². The molecule has 0 bridgehead atoms. The number of aromatic nitrogens is 3. The van der Waals surface area contributed by atoms with Crippen LogP contribution in [0.15, 0.2) is 48.5 Å². The van der Waals surface area contributed by atoms with Crippen molar-refractivity contribution in [2.75, 3.05) is 6.54 Å². The zero-order chi connectivity index (χ0) is 20.1. The van der Waals surface area contributed by atoms with Crippen molar-refractivity contribution in [2.24, 2.45) is 0 Å². The molecule has 4 heterocycles. The maximum Gasteiger partial charge on any atom is 0.254 e. The molecule has 0 atom stereocenters. The van der Waals surface area contributed by atoms with Crippen molar-refractivity contribution in [1.29, 1.82) is 0 Å². The molecule has 5 heteroatoms. The van der Waals surface area contributed by atoms with Crippen LogP contribution in [0.3, 0.4) is 0 Å². The van der Waals surface area contributed by atoms with Crippen LogP contribution in [0.25, 0.3) is 16.9 Å². The molecule has 3 aromatic heterocycles. The summed E-state index contributed by atoms with van der Waals surface area (Å²) < 4.78 is 2.19. The van der Waals surface area contributed by atoms with Gasteiger partial charge in [-0.2, -0.15) is 0 Å². The first-order chi connectivity index (χ1) is 14.0. The SMILES string of the molecule is Cc1cc2[nH]c(CN3CCc4ccccc4C3=O)cc2nc1-n1c(C)ccc1C. The lowest BCUT2D eigenvalue weighted by molar-refractivity contribution is 0.0725. The summed E-state index contributed by atoms with van der Waals surface area (Å²) in [5.41, 5.74) is 8.38. The molecule has 1 aliphatic rings. The van der Waals surface area contributed by atoms with Crippen molar-refractivity contribution in [1.82, 2.24) is 19.4 Å². The van der Waals surface area contributed by atoms with Crippen molar-refractivity contribution in [3.63, 3.8) is 0 Å². The molecular weight excluding hydrogens is 360 g/mol. The predicted octanol–water partition coefficient (Wildman–Crippen LogP) is 4.48. The summed E-state index contributed by atoms with van der Waals surface area (Å²) in [5.74, 6) is 1.07. The van der Waals surface area contributed by atoms with E-state index in [9.17, 15) is 4.79 Å². The third-order valence-electron chi connectivity index (χ3n) is 5.85. The van der Waals surface area contributed by atoms with E-state index in [4.69, 9.17) is 4.98 Å². The van der Waals surface area contributed by atoms with Crippen molar-refractivity contribution in [2.45, 2.75) is 33.7 Å². The summed E-state index contributed by atoms with van der Waals surface area (Å²) in [6, 6.07) is 16.3. The molecule has 146 valence electrons. The van der Waals surface area contributed by atoms with Gasteiger partial charge < -0.3 is 14.5 Å². The minimum atomic E-state index is 0.105. The number of carbonyl (C=O) groups is 1. The van der Waals surface area contributed by atoms with Crippen LogP contribution in [0.4, 0.5) is 0 Å². The summed E-state index contributed by atoms with van der Waals surface area (Å²) in [6.45, 7) is 7.60. The Morgan fingerprint density at radius 1 is 1.03 bits per heavy atom. The average molecular weight is 384 g/mol. The van der Waals surface area contributed by atoms with Gasteiger partial charge in [0.1, 0.15) is 5.82 Å². The maximum absolute atomic E-state index is 12.9. The molecule has 0 saturated carbocycles. The van der Waals surface area contributed by atoms with Crippen molar-refractivity contribution in [3.8, 4) is 5.82 Å². The lowest BCUT2D eigenvalue weighted by Crippen LogP contribution is -2.37. The lowest BCUT2D eigenvalue weighted by atomic mass is 9.99. The van der Waals surface area contributed by atoms with E-state index in [2.05, 4.69) is 54.6 Å². The van der Waals surface area contributed by atoms with Gasteiger partial charge in [0, 0.05) is 29.2 Å². The Hall–Kier alpha value is -3.34. The van der Waals surface area contributed by atoms with E-state index in [1.807, 2.05) is 29.2 Å². The Kier molecular flexibility index (Phi) is 4.05. The number of hydrogen-bond acceptors (Lipinski definition) is 2. The standard InChI is InChI=1S/C24H24N4O/c1-15-12-21-22(26-23(15)28-16(2)8-9-17(28)3)13-19(25-21)14-27-11-10-18-6-4-5-7-20(18)24(27)29/h4-9,12-13,25H,10-11,14H2,1-3H3. The van der Waals surface area contributed by atoms with E-state index < -0.39 is 0 Å². The van der Waals surface area contributed by atoms with Crippen molar-refractivity contribution >= 4 is 16.9 Å². The van der Waals surface area contributed by atoms with Gasteiger partial charge in [-0.05, 0) is 68.7 Å². The largest absolute Gasteiger partial charge is 0.356 e. The Balaban J connectivity index is 1.48. The molecule has 29 heavy (non-hydrogen) atoms. The van der Waals surface area contributed by atoms with Crippen LogP contribution in [0.5, 0.6) is 0 Å². The van der Waals surface area contributed by atoms with Crippen LogP contribution in [0.1, 0.15) is 38.6 Å². The smallest absolute Gasteiger partial charge is 0.254 e. The third kappa shape index (κ3) is 2.94. The first-order valence-electron chi connectivity index (χ1n) is 10.0. The van der Waals surface area contributed by atoms with Gasteiger partial charge in [0.25, 0.3) is 5.91 Å². The molecule has 0 spiro atoms. The van der Waals surface area contributed by atoms with Crippen LogP contribution >= 0.6 is 0 Å². The van der Waals surface area contributed by atoms with E-state index in [1.165, 1.54) is 11.4 Å². The molecule has 4 aromatic rings. The zero-order valence-electron chi connectivity index (χ0n) is 17.0. The molecule has 1 amide bonds. The Bertz CT molecular complexity index is 1230. The number of hydrogen-bond donors (Lipinski definition) is 1. The lowest BCUT2D eigenvalue weighted by Gasteiger charge is -2.28. The molecule has 5 rings (SSSR count). The number of nitrogens with zero attached hydrogens (tertiary/aromatic N) is 3. The number of rotatable bonds is 3. The molecular formula is C24H24N4O. The quantitative estimate of drug-likeness (QED) is 0.566. The summed E-state index contributed by atoms with van der Waals surface area (Å²) >= 11 is 0. The zero-order valence-corrected chi connectivity index (χ0v) is 17.0. The van der Waals surface area contributed by atoms with Gasteiger partial charge in [0.15, 0.2) is 0 Å². The van der Waals surface area contributed by atoms with E-state index in [0.717, 1.165) is 52.2 Å². The second-order valence-corrected chi connectivity index (χ2v) is 7.94. The van der Waals surface area contributed by atoms with E-state index >= 15 is 0 Å². The fourth-order valence-corrected chi connectivity index (χ4v) is 4.35. The predicted molar refractivity (Wildman–Crippen MR) is 115 cm³/mol. The molecule has 0 radical (unpaired) electrons. The van der Waals surface area contributed by atoms with Gasteiger partial charge in [-0.1, -0.05) is 18.2 Å². The molecule has 0 fully saturated rings. The maximum atomic E-state index is 12.9. The van der Waals surface area contributed by atoms with Gasteiger partial charge in [-0.15, -0.1) is 0 Å². The normalized spacial score (nSPS) is 13.9. The van der Waals surface area contributed by atoms with Gasteiger partial charge in [-0.25, -0.2) is 4.98 Å². The average Bonchev–Trinajstić information content (AvgIpc) is 3.25. The molecule has 5 nitrogen and oxygen atoms in total. The highest BCUT2D eigenvalue weighted by atomic mass is 16.2. The second-order valence-electron chi connectivity index (χ2n) is 7.94. The first kappa shape index (κ1) is 17.7.